The first kappa shape index (κ1) is 25.3. The van der Waals surface area contributed by atoms with Gasteiger partial charge in [0.25, 0.3) is 0 Å². The predicted octanol–water partition coefficient (Wildman–Crippen LogP) is 4.80. The molecule has 7 nitrogen and oxygen atoms in total. The van der Waals surface area contributed by atoms with Crippen molar-refractivity contribution in [1.82, 2.24) is 9.88 Å². The molecule has 1 aliphatic heterocycles. The summed E-state index contributed by atoms with van der Waals surface area (Å²) in [6.45, 7) is 4.32. The number of nitrogens with one attached hydrogen (secondary N) is 1. The fourth-order valence-electron chi connectivity index (χ4n) is 4.62. The van der Waals surface area contributed by atoms with Crippen molar-refractivity contribution in [1.29, 1.82) is 0 Å². The van der Waals surface area contributed by atoms with E-state index in [-0.39, 0.29) is 0 Å². The molecule has 0 atom stereocenters. The molecule has 0 unspecified atom stereocenters. The highest BCUT2D eigenvalue weighted by Gasteiger charge is 2.38. The van der Waals surface area contributed by atoms with E-state index in [1.165, 1.54) is 67.5 Å². The Morgan fingerprint density at radius 1 is 1.17 bits per heavy atom. The number of hydrogen-bond acceptors (Lipinski definition) is 6. The van der Waals surface area contributed by atoms with Gasteiger partial charge in [-0.25, -0.2) is 4.79 Å². The molecule has 3 aliphatic rings. The fraction of sp³-hybridized carbons (Fsp3) is 0.600. The molecular formula is C25H32F3N3O4. The van der Waals surface area contributed by atoms with E-state index in [4.69, 9.17) is 24.4 Å². The summed E-state index contributed by atoms with van der Waals surface area (Å²) in [4.78, 5) is 16.4. The number of benzene rings is 1. The zero-order valence-electron chi connectivity index (χ0n) is 19.9. The molecule has 10 heteroatoms. The van der Waals surface area contributed by atoms with E-state index in [9.17, 15) is 13.2 Å². The molecule has 2 heterocycles. The van der Waals surface area contributed by atoms with Crippen LogP contribution in [0.25, 0.3) is 10.9 Å². The number of aromatic nitrogens is 1. The number of alkyl halides is 3. The second-order valence-corrected chi connectivity index (χ2v) is 9.26. The molecule has 35 heavy (non-hydrogen) atoms. The van der Waals surface area contributed by atoms with E-state index in [1.807, 2.05) is 0 Å². The minimum absolute atomic E-state index is 0.628. The van der Waals surface area contributed by atoms with Gasteiger partial charge in [0.1, 0.15) is 0 Å². The van der Waals surface area contributed by atoms with Crippen LogP contribution in [0, 0.1) is 0 Å². The maximum Gasteiger partial charge on any atom is 0.490 e. The number of rotatable bonds is 8. The molecule has 2 N–H and O–H groups in total. The van der Waals surface area contributed by atoms with Crippen molar-refractivity contribution in [2.75, 3.05) is 38.7 Å². The standard InChI is InChI=1S/C23H31N3O2.C2HF3O2/c1-27-21-14-18-20(15-22(21)28-13-5-12-26-10-2-3-11-26)25-19-7-4-6-17(19)23(18)24-16-8-9-16;3-2(4,5)1(6)7/h14-16H,2-13H2,1H3,(H,24,25);(H,6,7). The van der Waals surface area contributed by atoms with Crippen LogP contribution >= 0.6 is 0 Å². The average Bonchev–Trinajstić information content (AvgIpc) is 3.27. The molecule has 0 radical (unpaired) electrons. The molecule has 0 bridgehead atoms. The second-order valence-electron chi connectivity index (χ2n) is 9.26. The van der Waals surface area contributed by atoms with Crippen molar-refractivity contribution in [2.24, 2.45) is 0 Å². The zero-order valence-corrected chi connectivity index (χ0v) is 19.9. The number of nitrogens with zero attached hydrogens (tertiary/aromatic N) is 2. The maximum absolute atomic E-state index is 10.6. The van der Waals surface area contributed by atoms with Crippen LogP contribution in [0.3, 0.4) is 0 Å². The summed E-state index contributed by atoms with van der Waals surface area (Å²) in [6.07, 6.45) is 4.61. The Balaban J connectivity index is 0.000000364. The minimum Gasteiger partial charge on any atom is -0.493 e. The van der Waals surface area contributed by atoms with Gasteiger partial charge < -0.3 is 24.8 Å². The Hall–Kier alpha value is -2.75. The van der Waals surface area contributed by atoms with E-state index in [1.54, 1.807) is 7.11 Å². The summed E-state index contributed by atoms with van der Waals surface area (Å²) in [6, 6.07) is 4.84. The van der Waals surface area contributed by atoms with Gasteiger partial charge in [-0.2, -0.15) is 13.2 Å². The second kappa shape index (κ2) is 10.9. The Labute approximate surface area is 202 Å². The molecule has 1 aromatic heterocycles. The summed E-state index contributed by atoms with van der Waals surface area (Å²) in [5.74, 6) is -1.13. The van der Waals surface area contributed by atoms with Crippen molar-refractivity contribution < 1.29 is 32.5 Å². The monoisotopic (exact) mass is 495 g/mol. The summed E-state index contributed by atoms with van der Waals surface area (Å²) >= 11 is 0. The molecule has 1 saturated carbocycles. The molecule has 2 fully saturated rings. The number of hydrogen-bond donors (Lipinski definition) is 2. The summed E-state index contributed by atoms with van der Waals surface area (Å²) < 4.78 is 43.6. The summed E-state index contributed by atoms with van der Waals surface area (Å²) in [7, 11) is 1.73. The number of halogens is 3. The molecular weight excluding hydrogens is 463 g/mol. The van der Waals surface area contributed by atoms with Crippen molar-refractivity contribution in [3.63, 3.8) is 0 Å². The van der Waals surface area contributed by atoms with Crippen molar-refractivity contribution >= 4 is 22.6 Å². The molecule has 5 rings (SSSR count). The first-order chi connectivity index (χ1) is 16.8. The van der Waals surface area contributed by atoms with Crippen LogP contribution in [0.15, 0.2) is 12.1 Å². The van der Waals surface area contributed by atoms with Gasteiger partial charge in [-0.3, -0.25) is 4.98 Å². The Morgan fingerprint density at radius 2 is 1.89 bits per heavy atom. The molecule has 0 amide bonds. The van der Waals surface area contributed by atoms with Crippen LogP contribution in [0.5, 0.6) is 11.5 Å². The smallest absolute Gasteiger partial charge is 0.490 e. The van der Waals surface area contributed by atoms with Crippen LogP contribution < -0.4 is 14.8 Å². The van der Waals surface area contributed by atoms with Gasteiger partial charge in [-0.1, -0.05) is 0 Å². The lowest BCUT2D eigenvalue weighted by molar-refractivity contribution is -0.192. The number of likely N-dealkylation sites (tertiary alicyclic amines) is 1. The third kappa shape index (κ3) is 6.48. The van der Waals surface area contributed by atoms with Crippen molar-refractivity contribution in [2.45, 2.75) is 63.6 Å². The fourth-order valence-corrected chi connectivity index (χ4v) is 4.62. The molecule has 1 aromatic carbocycles. The summed E-state index contributed by atoms with van der Waals surface area (Å²) in [5.41, 5.74) is 5.00. The van der Waals surface area contributed by atoms with Crippen LogP contribution in [0.1, 0.15) is 49.8 Å². The number of anilines is 1. The quantitative estimate of drug-likeness (QED) is 0.509. The number of aryl methyl sites for hydroxylation is 1. The van der Waals surface area contributed by atoms with Crippen molar-refractivity contribution in [3.8, 4) is 11.5 Å². The van der Waals surface area contributed by atoms with E-state index < -0.39 is 12.1 Å². The van der Waals surface area contributed by atoms with Crippen molar-refractivity contribution in [3.05, 3.63) is 23.4 Å². The van der Waals surface area contributed by atoms with E-state index in [0.29, 0.717) is 6.04 Å². The number of carbonyl (C=O) groups is 1. The van der Waals surface area contributed by atoms with Crippen LogP contribution in [0.4, 0.5) is 18.9 Å². The predicted molar refractivity (Wildman–Crippen MR) is 126 cm³/mol. The van der Waals surface area contributed by atoms with E-state index >= 15 is 0 Å². The van der Waals surface area contributed by atoms with E-state index in [0.717, 1.165) is 49.4 Å². The van der Waals surface area contributed by atoms with Gasteiger partial charge in [-0.15, -0.1) is 0 Å². The lowest BCUT2D eigenvalue weighted by Gasteiger charge is -2.18. The Kier molecular flexibility index (Phi) is 7.88. The minimum atomic E-state index is -5.08. The van der Waals surface area contributed by atoms with Gasteiger partial charge in [0.15, 0.2) is 11.5 Å². The lowest BCUT2D eigenvalue weighted by atomic mass is 10.1. The van der Waals surface area contributed by atoms with Gasteiger partial charge in [0.2, 0.25) is 0 Å². The largest absolute Gasteiger partial charge is 0.493 e. The van der Waals surface area contributed by atoms with Gasteiger partial charge in [0.05, 0.1) is 19.2 Å². The first-order valence-corrected chi connectivity index (χ1v) is 12.2. The maximum atomic E-state index is 10.6. The number of carboxylic acids is 1. The van der Waals surface area contributed by atoms with Crippen LogP contribution in [0.2, 0.25) is 0 Å². The number of pyridine rings is 1. The number of methoxy groups -OCH3 is 1. The topological polar surface area (TPSA) is 83.9 Å². The molecule has 192 valence electrons. The van der Waals surface area contributed by atoms with Gasteiger partial charge in [-0.05, 0) is 76.1 Å². The molecule has 2 aliphatic carbocycles. The zero-order chi connectivity index (χ0) is 25.0. The average molecular weight is 496 g/mol. The highest BCUT2D eigenvalue weighted by Crippen LogP contribution is 2.41. The SMILES string of the molecule is COc1cc2c(NC3CC3)c3c(nc2cc1OCCCN1CCCC1)CCC3.O=C(O)C(F)(F)F. The van der Waals surface area contributed by atoms with Gasteiger partial charge >= 0.3 is 12.1 Å². The van der Waals surface area contributed by atoms with Gasteiger partial charge in [0, 0.05) is 35.4 Å². The van der Waals surface area contributed by atoms with E-state index in [2.05, 4.69) is 22.3 Å². The number of aliphatic carboxylic acids is 1. The number of ether oxygens (including phenoxy) is 2. The Morgan fingerprint density at radius 3 is 2.51 bits per heavy atom. The van der Waals surface area contributed by atoms with Crippen LogP contribution in [-0.4, -0.2) is 66.5 Å². The first-order valence-electron chi connectivity index (χ1n) is 12.2. The molecule has 0 spiro atoms. The highest BCUT2D eigenvalue weighted by atomic mass is 19.4. The third-order valence-electron chi connectivity index (χ3n) is 6.54. The molecule has 2 aromatic rings. The highest BCUT2D eigenvalue weighted by molar-refractivity contribution is 5.96. The lowest BCUT2D eigenvalue weighted by Crippen LogP contribution is -2.21. The number of fused-ring (bicyclic) bond motifs is 2. The normalized spacial score (nSPS) is 17.6. The Bertz CT molecular complexity index is 1050. The van der Waals surface area contributed by atoms with Crippen LogP contribution in [-0.2, 0) is 17.6 Å². The number of carboxylic acid groups (broad SMARTS) is 1. The third-order valence-corrected chi connectivity index (χ3v) is 6.54. The molecule has 1 saturated heterocycles. The summed E-state index contributed by atoms with van der Waals surface area (Å²) in [5, 5.41) is 12.1.